The average Bonchev–Trinajstić information content (AvgIpc) is 3.57. The van der Waals surface area contributed by atoms with Crippen LogP contribution in [0.3, 0.4) is 0 Å². The van der Waals surface area contributed by atoms with Gasteiger partial charge >= 0.3 is 11.6 Å². The molecule has 0 aliphatic carbocycles. The third-order valence-corrected chi connectivity index (χ3v) is 11.3. The van der Waals surface area contributed by atoms with Crippen molar-refractivity contribution in [3.8, 4) is 11.5 Å². The van der Waals surface area contributed by atoms with Gasteiger partial charge in [0.05, 0.1) is 20.3 Å². The Morgan fingerprint density at radius 1 is 0.656 bits per heavy atom. The summed E-state index contributed by atoms with van der Waals surface area (Å²) in [5.74, 6) is -2.54. The first-order chi connectivity index (χ1) is 29.6. The number of aromatic nitrogens is 2. The first kappa shape index (κ1) is 41.1. The first-order valence-corrected chi connectivity index (χ1v) is 19.9. The van der Waals surface area contributed by atoms with Crippen LogP contribution in [-0.4, -0.2) is 53.1 Å². The zero-order valence-corrected chi connectivity index (χ0v) is 33.8. The second-order valence-electron chi connectivity index (χ2n) is 14.9. The smallest absolute Gasteiger partial charge is 0.351 e. The minimum Gasteiger partial charge on any atom is -0.497 e. The Kier molecular flexibility index (Phi) is 11.5. The maximum absolute atomic E-state index is 17.4. The van der Waals surface area contributed by atoms with E-state index in [4.69, 9.17) is 18.9 Å². The van der Waals surface area contributed by atoms with Crippen molar-refractivity contribution in [1.29, 1.82) is 0 Å². The second-order valence-corrected chi connectivity index (χ2v) is 14.9. The number of methoxy groups -OCH3 is 2. The van der Waals surface area contributed by atoms with Gasteiger partial charge < -0.3 is 29.4 Å². The minimum absolute atomic E-state index is 0.123. The van der Waals surface area contributed by atoms with Crippen LogP contribution in [0.5, 0.6) is 11.5 Å². The molecule has 8 rings (SSSR count). The van der Waals surface area contributed by atoms with E-state index in [0.29, 0.717) is 28.2 Å². The van der Waals surface area contributed by atoms with Crippen molar-refractivity contribution in [2.45, 2.75) is 48.5 Å². The van der Waals surface area contributed by atoms with Gasteiger partial charge in [0.25, 0.3) is 0 Å². The molecular weight excluding hydrogens is 777 g/mol. The largest absolute Gasteiger partial charge is 0.497 e. The summed E-state index contributed by atoms with van der Waals surface area (Å²) in [6.45, 7) is 1.36. The van der Waals surface area contributed by atoms with Crippen LogP contribution in [0.15, 0.2) is 187 Å². The summed E-state index contributed by atoms with van der Waals surface area (Å²) in [6.07, 6.45) is -6.04. The second kappa shape index (κ2) is 17.1. The SMILES string of the molecule is COc1ccc(C(Nc2ccn([C@@H]3O[C@H](C(C)O)[C@@H](OC(c4ccccc4)(c4ccccc4)c4ccc(OC)cc4)C3(F)F)c(=O)n2)(c2ccccc2)c2ccccc2)cc1. The molecule has 0 spiro atoms. The van der Waals surface area contributed by atoms with Gasteiger partial charge in [0.1, 0.15) is 34.6 Å². The Morgan fingerprint density at radius 2 is 1.07 bits per heavy atom. The van der Waals surface area contributed by atoms with E-state index < -0.39 is 47.3 Å². The van der Waals surface area contributed by atoms with Crippen LogP contribution in [0, 0.1) is 0 Å². The van der Waals surface area contributed by atoms with Gasteiger partial charge in [-0.15, -0.1) is 0 Å². The first-order valence-electron chi connectivity index (χ1n) is 19.9. The van der Waals surface area contributed by atoms with Crippen molar-refractivity contribution in [3.05, 3.63) is 226 Å². The molecule has 1 fully saturated rings. The monoisotopic (exact) mass is 821 g/mol. The maximum Gasteiger partial charge on any atom is 0.351 e. The Hall–Kier alpha value is -6.66. The van der Waals surface area contributed by atoms with Crippen LogP contribution in [0.2, 0.25) is 0 Å². The Bertz CT molecular complexity index is 2500. The molecule has 9 nitrogen and oxygen atoms in total. The molecule has 0 bridgehead atoms. The topological polar surface area (TPSA) is 104 Å². The number of ether oxygens (including phenoxy) is 4. The summed E-state index contributed by atoms with van der Waals surface area (Å²) >= 11 is 0. The van der Waals surface area contributed by atoms with Gasteiger partial charge in [-0.25, -0.2) is 4.79 Å². The molecule has 1 aliphatic heterocycles. The van der Waals surface area contributed by atoms with Crippen LogP contribution >= 0.6 is 0 Å². The summed E-state index contributed by atoms with van der Waals surface area (Å²) in [5, 5.41) is 14.6. The molecule has 310 valence electrons. The van der Waals surface area contributed by atoms with Crippen LogP contribution in [0.1, 0.15) is 46.5 Å². The Morgan fingerprint density at radius 3 is 1.49 bits per heavy atom. The van der Waals surface area contributed by atoms with E-state index in [9.17, 15) is 9.90 Å². The molecule has 0 amide bonds. The van der Waals surface area contributed by atoms with Gasteiger partial charge in [-0.3, -0.25) is 4.57 Å². The Labute approximate surface area is 352 Å². The molecule has 1 aromatic heterocycles. The fourth-order valence-corrected chi connectivity index (χ4v) is 8.29. The number of halogens is 2. The van der Waals surface area contributed by atoms with E-state index in [-0.39, 0.29) is 5.82 Å². The molecule has 6 aromatic carbocycles. The van der Waals surface area contributed by atoms with Gasteiger partial charge in [-0.2, -0.15) is 13.8 Å². The zero-order chi connectivity index (χ0) is 42.6. The third-order valence-electron chi connectivity index (χ3n) is 11.3. The molecule has 0 saturated carbocycles. The van der Waals surface area contributed by atoms with Gasteiger partial charge in [-0.05, 0) is 70.6 Å². The predicted octanol–water partition coefficient (Wildman–Crippen LogP) is 8.96. The van der Waals surface area contributed by atoms with Crippen molar-refractivity contribution in [3.63, 3.8) is 0 Å². The van der Waals surface area contributed by atoms with Gasteiger partial charge in [0.2, 0.25) is 6.23 Å². The number of hydrogen-bond acceptors (Lipinski definition) is 8. The van der Waals surface area contributed by atoms with Crippen molar-refractivity contribution < 1.29 is 32.8 Å². The average molecular weight is 822 g/mol. The van der Waals surface area contributed by atoms with E-state index in [0.717, 1.165) is 21.3 Å². The van der Waals surface area contributed by atoms with E-state index in [1.165, 1.54) is 19.2 Å². The molecule has 0 radical (unpaired) electrons. The fraction of sp³-hybridized carbons (Fsp3) is 0.200. The molecule has 11 heteroatoms. The number of alkyl halides is 2. The van der Waals surface area contributed by atoms with Crippen molar-refractivity contribution in [2.75, 3.05) is 19.5 Å². The van der Waals surface area contributed by atoms with E-state index in [1.54, 1.807) is 87.0 Å². The number of aliphatic hydroxyl groups is 1. The fourth-order valence-electron chi connectivity index (χ4n) is 8.29. The van der Waals surface area contributed by atoms with Crippen LogP contribution in [0.4, 0.5) is 14.6 Å². The Balaban J connectivity index is 1.22. The number of nitrogens with zero attached hydrogens (tertiary/aromatic N) is 2. The third kappa shape index (κ3) is 7.56. The highest BCUT2D eigenvalue weighted by atomic mass is 19.3. The summed E-state index contributed by atoms with van der Waals surface area (Å²) in [5.41, 5.74) is 0.384. The molecule has 7 aromatic rings. The number of hydrogen-bond donors (Lipinski definition) is 2. The lowest BCUT2D eigenvalue weighted by molar-refractivity contribution is -0.182. The molecule has 1 unspecified atom stereocenters. The summed E-state index contributed by atoms with van der Waals surface area (Å²) in [6, 6.07) is 53.4. The lowest BCUT2D eigenvalue weighted by Gasteiger charge is -2.40. The summed E-state index contributed by atoms with van der Waals surface area (Å²) < 4.78 is 59.4. The van der Waals surface area contributed by atoms with Gasteiger partial charge in [0.15, 0.2) is 6.10 Å². The van der Waals surface area contributed by atoms with E-state index >= 15 is 8.78 Å². The quantitative estimate of drug-likeness (QED) is 0.105. The van der Waals surface area contributed by atoms with Gasteiger partial charge in [-0.1, -0.05) is 146 Å². The number of anilines is 1. The number of nitrogens with one attached hydrogen (secondary N) is 1. The van der Waals surface area contributed by atoms with Gasteiger partial charge in [0, 0.05) is 6.20 Å². The van der Waals surface area contributed by atoms with Crippen LogP contribution in [0.25, 0.3) is 0 Å². The minimum atomic E-state index is -3.88. The standard InChI is InChI=1S/C50H45F2N3O6/c1-34(56)44-45(61-49(38-20-12-6-13-21-38,39-22-14-7-15-23-39)40-26-30-42(59-3)31-27-40)50(51,52)46(60-44)55-33-32-43(53-47(55)57)54-48(35-16-8-4-9-17-35,36-18-10-5-11-19-36)37-24-28-41(58-2)29-25-37/h4-34,44-46,56H,1-3H3,(H,53,54,57)/t34?,44-,45-,46-/m1/s1. The highest BCUT2D eigenvalue weighted by molar-refractivity contribution is 5.58. The lowest BCUT2D eigenvalue weighted by atomic mass is 9.77. The molecule has 1 aliphatic rings. The summed E-state index contributed by atoms with van der Waals surface area (Å²) in [4.78, 5) is 18.5. The number of aliphatic hydroxyl groups excluding tert-OH is 1. The molecule has 2 heterocycles. The van der Waals surface area contributed by atoms with E-state index in [2.05, 4.69) is 10.3 Å². The lowest BCUT2D eigenvalue weighted by Crippen LogP contribution is -2.50. The highest BCUT2D eigenvalue weighted by Crippen LogP contribution is 2.51. The summed E-state index contributed by atoms with van der Waals surface area (Å²) in [7, 11) is 3.13. The normalized spacial score (nSPS) is 18.0. The zero-order valence-electron chi connectivity index (χ0n) is 33.8. The van der Waals surface area contributed by atoms with Crippen LogP contribution < -0.4 is 20.5 Å². The van der Waals surface area contributed by atoms with Crippen LogP contribution in [-0.2, 0) is 20.6 Å². The van der Waals surface area contributed by atoms with Crippen molar-refractivity contribution >= 4 is 5.82 Å². The van der Waals surface area contributed by atoms with Crippen molar-refractivity contribution in [1.82, 2.24) is 9.55 Å². The highest BCUT2D eigenvalue weighted by Gasteiger charge is 2.64. The predicted molar refractivity (Wildman–Crippen MR) is 229 cm³/mol. The molecule has 2 N–H and O–H groups in total. The number of benzene rings is 6. The maximum atomic E-state index is 17.4. The van der Waals surface area contributed by atoms with E-state index in [1.807, 2.05) is 97.1 Å². The molecule has 61 heavy (non-hydrogen) atoms. The van der Waals surface area contributed by atoms with Crippen molar-refractivity contribution in [2.24, 2.45) is 0 Å². The molecule has 1 saturated heterocycles. The molecule has 4 atom stereocenters. The molecular formula is C50H45F2N3O6. The number of rotatable bonds is 14.